The molecule has 0 atom stereocenters. The van der Waals surface area contributed by atoms with Gasteiger partial charge in [0.1, 0.15) is 28.5 Å². The van der Waals surface area contributed by atoms with Crippen LogP contribution in [0.1, 0.15) is 0 Å². The van der Waals surface area contributed by atoms with E-state index in [0.717, 1.165) is 16.4 Å². The molecular weight excluding hydrogens is 397 g/mol. The molecule has 0 spiro atoms. The molecule has 2 aromatic heterocycles. The lowest BCUT2D eigenvalue weighted by molar-refractivity contribution is 1.12. The average Bonchev–Trinajstić information content (AvgIpc) is 3.50. The molecule has 0 bridgehead atoms. The second-order valence-corrected chi connectivity index (χ2v) is 11.1. The molecule has 4 aromatic carbocycles. The van der Waals surface area contributed by atoms with Crippen LogP contribution < -0.4 is 21.2 Å². The SMILES string of the molecule is c1ccc([P+](c2ccccc2)(c2ccc3[nH]ncc3c2)c2cccc3[nH]ccc23)cc1. The average molecular weight is 418 g/mol. The van der Waals surface area contributed by atoms with Gasteiger partial charge in [-0.2, -0.15) is 5.10 Å². The van der Waals surface area contributed by atoms with E-state index in [1.807, 2.05) is 12.4 Å². The second kappa shape index (κ2) is 7.23. The zero-order chi connectivity index (χ0) is 20.7. The smallest absolute Gasteiger partial charge is 0.145 e. The summed E-state index contributed by atoms with van der Waals surface area (Å²) in [4.78, 5) is 3.41. The van der Waals surface area contributed by atoms with Crippen molar-refractivity contribution in [2.24, 2.45) is 0 Å². The van der Waals surface area contributed by atoms with Gasteiger partial charge in [0.15, 0.2) is 0 Å². The first-order valence-corrected chi connectivity index (χ1v) is 12.2. The van der Waals surface area contributed by atoms with Crippen LogP contribution in [-0.4, -0.2) is 15.2 Å². The molecule has 2 heterocycles. The lowest BCUT2D eigenvalue weighted by Crippen LogP contribution is -2.38. The van der Waals surface area contributed by atoms with E-state index in [1.165, 1.54) is 26.6 Å². The van der Waals surface area contributed by atoms with Gasteiger partial charge in [-0.05, 0) is 60.7 Å². The van der Waals surface area contributed by atoms with Crippen molar-refractivity contribution >= 4 is 50.3 Å². The van der Waals surface area contributed by atoms with E-state index >= 15 is 0 Å². The van der Waals surface area contributed by atoms with Crippen molar-refractivity contribution in [1.29, 1.82) is 0 Å². The summed E-state index contributed by atoms with van der Waals surface area (Å²) >= 11 is 0. The van der Waals surface area contributed by atoms with Gasteiger partial charge >= 0.3 is 0 Å². The van der Waals surface area contributed by atoms with E-state index in [9.17, 15) is 0 Å². The van der Waals surface area contributed by atoms with Crippen molar-refractivity contribution in [3.63, 3.8) is 0 Å². The van der Waals surface area contributed by atoms with Gasteiger partial charge in [-0.25, -0.2) is 0 Å². The summed E-state index contributed by atoms with van der Waals surface area (Å²) in [7, 11) is -2.16. The highest BCUT2D eigenvalue weighted by atomic mass is 31.2. The molecule has 0 saturated carbocycles. The third kappa shape index (κ3) is 2.74. The zero-order valence-electron chi connectivity index (χ0n) is 16.9. The number of fused-ring (bicyclic) bond motifs is 2. The van der Waals surface area contributed by atoms with Crippen LogP contribution in [0, 0.1) is 0 Å². The molecule has 6 aromatic rings. The summed E-state index contributed by atoms with van der Waals surface area (Å²) < 4.78 is 0. The number of H-pyrrole nitrogens is 2. The van der Waals surface area contributed by atoms with E-state index in [4.69, 9.17) is 0 Å². The molecular formula is C27H21N3P+. The Balaban J connectivity index is 1.81. The first-order valence-electron chi connectivity index (χ1n) is 10.4. The molecule has 2 N–H and O–H groups in total. The Kier molecular flexibility index (Phi) is 4.22. The molecule has 0 saturated heterocycles. The van der Waals surface area contributed by atoms with Crippen LogP contribution >= 0.6 is 7.26 Å². The van der Waals surface area contributed by atoms with Gasteiger partial charge < -0.3 is 4.98 Å². The Morgan fingerprint density at radius 1 is 0.613 bits per heavy atom. The standard InChI is InChI=1S/C27H21N3P/c1-3-8-21(9-4-1)31(22-10-5-2-6-11-22,23-14-15-25-20(18-23)19-29-30-25)27-13-7-12-26-24(27)16-17-28-26/h1-19,28H,(H,29,30)/q+1. The molecule has 0 amide bonds. The summed E-state index contributed by atoms with van der Waals surface area (Å²) in [5.41, 5.74) is 2.22. The Morgan fingerprint density at radius 2 is 1.35 bits per heavy atom. The van der Waals surface area contributed by atoms with E-state index in [1.54, 1.807) is 0 Å². The van der Waals surface area contributed by atoms with Crippen LogP contribution in [0.2, 0.25) is 0 Å². The summed E-state index contributed by atoms with van der Waals surface area (Å²) in [6.07, 6.45) is 3.96. The maximum absolute atomic E-state index is 4.27. The number of hydrogen-bond acceptors (Lipinski definition) is 1. The minimum Gasteiger partial charge on any atom is -0.361 e. The third-order valence-electron chi connectivity index (χ3n) is 6.03. The van der Waals surface area contributed by atoms with Crippen LogP contribution in [0.15, 0.2) is 116 Å². The largest absolute Gasteiger partial charge is 0.361 e. The topological polar surface area (TPSA) is 44.5 Å². The molecule has 148 valence electrons. The lowest BCUT2D eigenvalue weighted by atomic mass is 10.2. The Bertz CT molecular complexity index is 1440. The quantitative estimate of drug-likeness (QED) is 0.402. The normalized spacial score (nSPS) is 11.9. The van der Waals surface area contributed by atoms with Gasteiger partial charge in [-0.15, -0.1) is 0 Å². The van der Waals surface area contributed by atoms with Gasteiger partial charge in [-0.1, -0.05) is 42.5 Å². The van der Waals surface area contributed by atoms with E-state index in [0.29, 0.717) is 0 Å². The third-order valence-corrected chi connectivity index (χ3v) is 10.3. The van der Waals surface area contributed by atoms with Crippen LogP contribution in [-0.2, 0) is 0 Å². The number of nitrogens with zero attached hydrogens (tertiary/aromatic N) is 1. The molecule has 31 heavy (non-hydrogen) atoms. The number of aromatic nitrogens is 3. The van der Waals surface area contributed by atoms with Crippen LogP contribution in [0.3, 0.4) is 0 Å². The van der Waals surface area contributed by atoms with Gasteiger partial charge in [0.05, 0.1) is 11.7 Å². The molecule has 0 radical (unpaired) electrons. The summed E-state index contributed by atoms with van der Waals surface area (Å²) in [5, 5.41) is 15.2. The van der Waals surface area contributed by atoms with E-state index < -0.39 is 7.26 Å². The van der Waals surface area contributed by atoms with Gasteiger partial charge in [0, 0.05) is 22.5 Å². The Morgan fingerprint density at radius 3 is 2.10 bits per heavy atom. The highest BCUT2D eigenvalue weighted by Gasteiger charge is 2.49. The molecule has 0 unspecified atom stereocenters. The summed E-state index contributed by atoms with van der Waals surface area (Å²) in [5.74, 6) is 0. The number of hydrogen-bond donors (Lipinski definition) is 2. The van der Waals surface area contributed by atoms with Crippen LogP contribution in [0.25, 0.3) is 21.8 Å². The lowest BCUT2D eigenvalue weighted by Gasteiger charge is -2.28. The number of rotatable bonds is 4. The highest BCUT2D eigenvalue weighted by Crippen LogP contribution is 2.55. The summed E-state index contributed by atoms with van der Waals surface area (Å²) in [6.45, 7) is 0. The van der Waals surface area contributed by atoms with E-state index in [-0.39, 0.29) is 0 Å². The first-order chi connectivity index (χ1) is 15.4. The second-order valence-electron chi connectivity index (χ2n) is 7.70. The monoisotopic (exact) mass is 418 g/mol. The van der Waals surface area contributed by atoms with Crippen molar-refractivity contribution in [2.45, 2.75) is 0 Å². The van der Waals surface area contributed by atoms with Gasteiger partial charge in [0.2, 0.25) is 0 Å². The first kappa shape index (κ1) is 18.1. The molecule has 6 rings (SSSR count). The van der Waals surface area contributed by atoms with Crippen molar-refractivity contribution < 1.29 is 0 Å². The number of nitrogens with one attached hydrogen (secondary N) is 2. The number of benzene rings is 4. The van der Waals surface area contributed by atoms with Gasteiger partial charge in [-0.3, -0.25) is 5.10 Å². The fourth-order valence-corrected chi connectivity index (χ4v) is 9.13. The predicted molar refractivity (Wildman–Crippen MR) is 133 cm³/mol. The maximum atomic E-state index is 4.27. The van der Waals surface area contributed by atoms with Crippen LogP contribution in [0.4, 0.5) is 0 Å². The molecule has 4 heteroatoms. The molecule has 0 aliphatic carbocycles. The number of aromatic amines is 2. The van der Waals surface area contributed by atoms with E-state index in [2.05, 4.69) is 118 Å². The van der Waals surface area contributed by atoms with Crippen LogP contribution in [0.5, 0.6) is 0 Å². The summed E-state index contributed by atoms with van der Waals surface area (Å²) in [6, 6.07) is 37.5. The predicted octanol–water partition coefficient (Wildman–Crippen LogP) is 4.66. The molecule has 0 aliphatic heterocycles. The fraction of sp³-hybridized carbons (Fsp3) is 0. The Hall–Kier alpha value is -3.68. The van der Waals surface area contributed by atoms with Gasteiger partial charge in [0.25, 0.3) is 0 Å². The molecule has 3 nitrogen and oxygen atoms in total. The molecule has 0 aliphatic rings. The molecule has 0 fully saturated rings. The van der Waals surface area contributed by atoms with Crippen molar-refractivity contribution in [3.05, 3.63) is 116 Å². The Labute approximate surface area is 181 Å². The van der Waals surface area contributed by atoms with Crippen molar-refractivity contribution in [1.82, 2.24) is 15.2 Å². The highest BCUT2D eigenvalue weighted by molar-refractivity contribution is 8.01. The minimum atomic E-state index is -2.16. The fourth-order valence-electron chi connectivity index (χ4n) is 4.67. The zero-order valence-corrected chi connectivity index (χ0v) is 17.8. The van der Waals surface area contributed by atoms with Crippen molar-refractivity contribution in [3.8, 4) is 0 Å². The maximum Gasteiger partial charge on any atom is 0.145 e. The minimum absolute atomic E-state index is 1.06. The van der Waals surface area contributed by atoms with Crippen molar-refractivity contribution in [2.75, 3.05) is 0 Å².